The second-order valence-corrected chi connectivity index (χ2v) is 5.10. The smallest absolute Gasteiger partial charge is 0.317 e. The molecule has 92 valence electrons. The number of carboxylic acid groups (broad SMARTS) is 1. The number of rotatable bonds is 5. The van der Waals surface area contributed by atoms with E-state index in [-0.39, 0.29) is 6.54 Å². The van der Waals surface area contributed by atoms with Crippen molar-refractivity contribution in [3.63, 3.8) is 0 Å². The van der Waals surface area contributed by atoms with E-state index in [9.17, 15) is 4.79 Å². The molecule has 4 nitrogen and oxygen atoms in total. The van der Waals surface area contributed by atoms with E-state index in [0.717, 1.165) is 38.5 Å². The van der Waals surface area contributed by atoms with E-state index in [1.165, 1.54) is 25.8 Å². The Labute approximate surface area is 97.2 Å². The van der Waals surface area contributed by atoms with E-state index in [1.54, 1.807) is 0 Å². The van der Waals surface area contributed by atoms with Crippen LogP contribution >= 0.6 is 0 Å². The first-order valence-corrected chi connectivity index (χ1v) is 6.40. The molecule has 0 amide bonds. The second kappa shape index (κ2) is 5.64. The molecule has 1 aliphatic carbocycles. The summed E-state index contributed by atoms with van der Waals surface area (Å²) in [4.78, 5) is 15.2. The van der Waals surface area contributed by atoms with Crippen molar-refractivity contribution in [1.29, 1.82) is 0 Å². The first-order chi connectivity index (χ1) is 7.74. The quantitative estimate of drug-likeness (QED) is 0.756. The summed E-state index contributed by atoms with van der Waals surface area (Å²) in [5.74, 6) is 0.296. The molecular weight excluding hydrogens is 204 g/mol. The zero-order valence-corrected chi connectivity index (χ0v) is 9.90. The van der Waals surface area contributed by atoms with Crippen LogP contribution < -0.4 is 0 Å². The van der Waals surface area contributed by atoms with Gasteiger partial charge in [-0.15, -0.1) is 0 Å². The van der Waals surface area contributed by atoms with E-state index in [4.69, 9.17) is 5.11 Å². The minimum atomic E-state index is -0.702. The fourth-order valence-corrected chi connectivity index (χ4v) is 2.37. The van der Waals surface area contributed by atoms with Crippen LogP contribution in [0.5, 0.6) is 0 Å². The second-order valence-electron chi connectivity index (χ2n) is 5.10. The van der Waals surface area contributed by atoms with Crippen LogP contribution in [0.3, 0.4) is 0 Å². The molecule has 2 rings (SSSR count). The predicted molar refractivity (Wildman–Crippen MR) is 62.5 cm³/mol. The molecule has 1 N–H and O–H groups in total. The number of carboxylic acids is 1. The van der Waals surface area contributed by atoms with Crippen LogP contribution in [-0.2, 0) is 4.79 Å². The Kier molecular flexibility index (Phi) is 4.18. The van der Waals surface area contributed by atoms with Gasteiger partial charge in [0.15, 0.2) is 0 Å². The topological polar surface area (TPSA) is 43.8 Å². The van der Waals surface area contributed by atoms with Gasteiger partial charge in [0.1, 0.15) is 0 Å². The van der Waals surface area contributed by atoms with Crippen molar-refractivity contribution in [2.24, 2.45) is 5.92 Å². The monoisotopic (exact) mass is 226 g/mol. The van der Waals surface area contributed by atoms with E-state index < -0.39 is 5.97 Å². The minimum absolute atomic E-state index is 0.205. The molecule has 2 fully saturated rings. The van der Waals surface area contributed by atoms with Crippen molar-refractivity contribution in [3.8, 4) is 0 Å². The van der Waals surface area contributed by atoms with E-state index in [2.05, 4.69) is 9.80 Å². The largest absolute Gasteiger partial charge is 0.480 e. The molecule has 4 heteroatoms. The van der Waals surface area contributed by atoms with Crippen LogP contribution in [0.4, 0.5) is 0 Å². The molecule has 0 aromatic heterocycles. The van der Waals surface area contributed by atoms with Gasteiger partial charge in [0.2, 0.25) is 0 Å². The normalized spacial score (nSPS) is 24.2. The lowest BCUT2D eigenvalue weighted by Crippen LogP contribution is -2.34. The van der Waals surface area contributed by atoms with Crippen molar-refractivity contribution in [3.05, 3.63) is 0 Å². The molecule has 0 radical (unpaired) electrons. The fraction of sp³-hybridized carbons (Fsp3) is 0.917. The molecule has 0 atom stereocenters. The van der Waals surface area contributed by atoms with Gasteiger partial charge in [-0.25, -0.2) is 0 Å². The molecule has 0 bridgehead atoms. The van der Waals surface area contributed by atoms with Crippen LogP contribution in [0.2, 0.25) is 0 Å². The Hall–Kier alpha value is -0.610. The van der Waals surface area contributed by atoms with Crippen LogP contribution in [-0.4, -0.2) is 60.1 Å². The Morgan fingerprint density at radius 2 is 1.81 bits per heavy atom. The van der Waals surface area contributed by atoms with Gasteiger partial charge in [0.05, 0.1) is 6.54 Å². The van der Waals surface area contributed by atoms with Gasteiger partial charge in [-0.05, 0) is 31.8 Å². The molecule has 1 saturated carbocycles. The van der Waals surface area contributed by atoms with Crippen LogP contribution in [0.25, 0.3) is 0 Å². The lowest BCUT2D eigenvalue weighted by molar-refractivity contribution is -0.138. The van der Waals surface area contributed by atoms with Gasteiger partial charge in [-0.1, -0.05) is 12.8 Å². The highest BCUT2D eigenvalue weighted by atomic mass is 16.4. The van der Waals surface area contributed by atoms with Gasteiger partial charge in [0, 0.05) is 19.6 Å². The summed E-state index contributed by atoms with van der Waals surface area (Å²) in [5, 5.41) is 8.75. The zero-order valence-electron chi connectivity index (χ0n) is 9.90. The maximum atomic E-state index is 10.6. The molecule has 16 heavy (non-hydrogen) atoms. The van der Waals surface area contributed by atoms with E-state index >= 15 is 0 Å². The Bertz CT molecular complexity index is 241. The highest BCUT2D eigenvalue weighted by Gasteiger charge is 2.23. The third-order valence-electron chi connectivity index (χ3n) is 3.59. The zero-order chi connectivity index (χ0) is 11.4. The summed E-state index contributed by atoms with van der Waals surface area (Å²) >= 11 is 0. The van der Waals surface area contributed by atoms with Gasteiger partial charge in [-0.3, -0.25) is 9.69 Å². The van der Waals surface area contributed by atoms with Crippen molar-refractivity contribution in [1.82, 2.24) is 9.80 Å². The maximum absolute atomic E-state index is 10.6. The molecule has 0 aromatic rings. The molecule has 0 spiro atoms. The van der Waals surface area contributed by atoms with Crippen LogP contribution in [0, 0.1) is 5.92 Å². The Morgan fingerprint density at radius 3 is 2.50 bits per heavy atom. The van der Waals surface area contributed by atoms with Crippen LogP contribution in [0.15, 0.2) is 0 Å². The fourth-order valence-electron chi connectivity index (χ4n) is 2.37. The predicted octanol–water partition coefficient (Wildman–Crippen LogP) is 0.879. The number of hydrogen-bond donors (Lipinski definition) is 1. The van der Waals surface area contributed by atoms with E-state index in [0.29, 0.717) is 0 Å². The number of hydrogen-bond acceptors (Lipinski definition) is 3. The summed E-state index contributed by atoms with van der Waals surface area (Å²) in [6.07, 6.45) is 5.31. The Morgan fingerprint density at radius 1 is 1.12 bits per heavy atom. The highest BCUT2D eigenvalue weighted by molar-refractivity contribution is 5.69. The lowest BCUT2D eigenvalue weighted by atomic mass is 10.2. The van der Waals surface area contributed by atoms with Gasteiger partial charge >= 0.3 is 5.97 Å². The van der Waals surface area contributed by atoms with E-state index in [1.807, 2.05) is 0 Å². The molecule has 2 aliphatic rings. The molecule has 0 unspecified atom stereocenters. The average molecular weight is 226 g/mol. The molecular formula is C12H22N2O2. The minimum Gasteiger partial charge on any atom is -0.480 e. The third-order valence-corrected chi connectivity index (χ3v) is 3.59. The van der Waals surface area contributed by atoms with Crippen molar-refractivity contribution < 1.29 is 9.90 Å². The molecule has 1 saturated heterocycles. The standard InChI is InChI=1S/C12H22N2O2/c15-12(16)10-14-6-1-5-13(8-9-14)7-4-11-2-3-11/h11H,1-10H2,(H,15,16). The van der Waals surface area contributed by atoms with Gasteiger partial charge < -0.3 is 10.0 Å². The number of nitrogens with zero attached hydrogens (tertiary/aromatic N) is 2. The molecule has 0 aromatic carbocycles. The number of aliphatic carboxylic acids is 1. The van der Waals surface area contributed by atoms with Gasteiger partial charge in [0.25, 0.3) is 0 Å². The number of carbonyl (C=O) groups is 1. The highest BCUT2D eigenvalue weighted by Crippen LogP contribution is 2.32. The molecule has 1 aliphatic heterocycles. The maximum Gasteiger partial charge on any atom is 0.317 e. The third kappa shape index (κ3) is 4.10. The first-order valence-electron chi connectivity index (χ1n) is 6.40. The average Bonchev–Trinajstić information content (AvgIpc) is 3.01. The Balaban J connectivity index is 1.67. The van der Waals surface area contributed by atoms with Crippen molar-refractivity contribution in [2.45, 2.75) is 25.7 Å². The SMILES string of the molecule is O=C(O)CN1CCCN(CCC2CC2)CC1. The summed E-state index contributed by atoms with van der Waals surface area (Å²) in [5.41, 5.74) is 0. The first kappa shape index (κ1) is 11.9. The molecule has 1 heterocycles. The summed E-state index contributed by atoms with van der Waals surface area (Å²) in [6, 6.07) is 0. The van der Waals surface area contributed by atoms with Crippen LogP contribution in [0.1, 0.15) is 25.7 Å². The summed E-state index contributed by atoms with van der Waals surface area (Å²) in [6.45, 7) is 5.45. The van der Waals surface area contributed by atoms with Gasteiger partial charge in [-0.2, -0.15) is 0 Å². The van der Waals surface area contributed by atoms with Crippen molar-refractivity contribution in [2.75, 3.05) is 39.3 Å². The summed E-state index contributed by atoms with van der Waals surface area (Å²) in [7, 11) is 0. The summed E-state index contributed by atoms with van der Waals surface area (Å²) < 4.78 is 0. The van der Waals surface area contributed by atoms with Crippen molar-refractivity contribution >= 4 is 5.97 Å². The lowest BCUT2D eigenvalue weighted by Gasteiger charge is -2.20.